The molecule has 1 amide bonds. The van der Waals surface area contributed by atoms with Crippen molar-refractivity contribution in [3.8, 4) is 0 Å². The summed E-state index contributed by atoms with van der Waals surface area (Å²) in [6.07, 6.45) is 0. The van der Waals surface area contributed by atoms with Gasteiger partial charge < -0.3 is 11.1 Å². The second-order valence-corrected chi connectivity index (χ2v) is 5.49. The fourth-order valence-electron chi connectivity index (χ4n) is 1.70. The lowest BCUT2D eigenvalue weighted by atomic mass is 10.1. The lowest BCUT2D eigenvalue weighted by Gasteiger charge is -2.11. The number of hydrogen-bond donors (Lipinski definition) is 2. The Morgan fingerprint density at radius 1 is 1.14 bits per heavy atom. The Kier molecular flexibility index (Phi) is 4.64. The molecule has 0 saturated carbocycles. The molecule has 0 saturated heterocycles. The second-order valence-electron chi connectivity index (χ2n) is 4.13. The highest BCUT2D eigenvalue weighted by atomic mass is 79.9. The van der Waals surface area contributed by atoms with Crippen molar-refractivity contribution in [2.24, 2.45) is 5.73 Å². The summed E-state index contributed by atoms with van der Waals surface area (Å²) in [5.41, 5.74) is 6.08. The van der Waals surface area contributed by atoms with E-state index in [4.69, 9.17) is 18.0 Å². The second kappa shape index (κ2) is 6.28. The molecule has 0 unspecified atom stereocenters. The van der Waals surface area contributed by atoms with Crippen LogP contribution in [-0.4, -0.2) is 10.9 Å². The van der Waals surface area contributed by atoms with E-state index in [1.807, 2.05) is 0 Å². The molecular weight excluding hydrogens is 362 g/mol. The molecule has 3 nitrogen and oxygen atoms in total. The van der Waals surface area contributed by atoms with Gasteiger partial charge >= 0.3 is 0 Å². The van der Waals surface area contributed by atoms with Crippen LogP contribution in [0.5, 0.6) is 0 Å². The van der Waals surface area contributed by atoms with E-state index >= 15 is 0 Å². The van der Waals surface area contributed by atoms with Crippen molar-refractivity contribution in [1.29, 1.82) is 0 Å². The molecule has 7 heteroatoms. The number of anilines is 1. The Bertz CT molecular complexity index is 737. The van der Waals surface area contributed by atoms with Crippen molar-refractivity contribution in [2.45, 2.75) is 0 Å². The normalized spacial score (nSPS) is 10.2. The Hall–Kier alpha value is -1.86. The summed E-state index contributed by atoms with van der Waals surface area (Å²) in [5, 5.41) is 2.51. The molecule has 0 radical (unpaired) electrons. The number of benzene rings is 2. The highest BCUT2D eigenvalue weighted by Crippen LogP contribution is 2.22. The summed E-state index contributed by atoms with van der Waals surface area (Å²) in [5.74, 6) is -2.42. The van der Waals surface area contributed by atoms with Gasteiger partial charge in [0.05, 0.1) is 11.3 Å². The van der Waals surface area contributed by atoms with Crippen molar-refractivity contribution in [2.75, 3.05) is 5.32 Å². The van der Waals surface area contributed by atoms with Crippen LogP contribution in [0.1, 0.15) is 15.9 Å². The summed E-state index contributed by atoms with van der Waals surface area (Å²) in [7, 11) is 0. The fraction of sp³-hybridized carbons (Fsp3) is 0. The van der Waals surface area contributed by atoms with Gasteiger partial charge in [-0.3, -0.25) is 4.79 Å². The number of thiocarbonyl (C=S) groups is 1. The molecule has 3 N–H and O–H groups in total. The van der Waals surface area contributed by atoms with E-state index in [0.717, 1.165) is 12.1 Å². The van der Waals surface area contributed by atoms with E-state index in [-0.39, 0.29) is 10.6 Å². The number of nitrogens with two attached hydrogens (primary N) is 1. The third kappa shape index (κ3) is 3.62. The highest BCUT2D eigenvalue weighted by Gasteiger charge is 2.15. The fourth-order valence-corrected chi connectivity index (χ4v) is 2.24. The van der Waals surface area contributed by atoms with E-state index in [1.165, 1.54) is 0 Å². The van der Waals surface area contributed by atoms with Gasteiger partial charge in [0.15, 0.2) is 0 Å². The molecule has 2 aromatic rings. The molecule has 0 fully saturated rings. The van der Waals surface area contributed by atoms with Gasteiger partial charge in [-0.1, -0.05) is 28.1 Å². The Labute approximate surface area is 133 Å². The van der Waals surface area contributed by atoms with Crippen LogP contribution in [0.3, 0.4) is 0 Å². The molecule has 0 spiro atoms. The molecule has 108 valence electrons. The zero-order valence-corrected chi connectivity index (χ0v) is 12.9. The maximum atomic E-state index is 13.6. The lowest BCUT2D eigenvalue weighted by Crippen LogP contribution is -2.18. The standard InChI is InChI=1S/C14H9BrF2N2OS/c15-7-1-3-10(13(18)21)12(5-7)19-14(20)9-4-2-8(16)6-11(9)17/h1-6H,(H2,18,21)(H,19,20). The molecule has 21 heavy (non-hydrogen) atoms. The van der Waals surface area contributed by atoms with Crippen molar-refractivity contribution in [3.05, 3.63) is 63.6 Å². The number of nitrogens with one attached hydrogen (secondary N) is 1. The van der Waals surface area contributed by atoms with Gasteiger partial charge in [0.25, 0.3) is 5.91 Å². The van der Waals surface area contributed by atoms with Crippen LogP contribution in [0.25, 0.3) is 0 Å². The van der Waals surface area contributed by atoms with Gasteiger partial charge in [-0.25, -0.2) is 8.78 Å². The van der Waals surface area contributed by atoms with E-state index in [9.17, 15) is 13.6 Å². The summed E-state index contributed by atoms with van der Waals surface area (Å²) in [6.45, 7) is 0. The summed E-state index contributed by atoms with van der Waals surface area (Å²) >= 11 is 8.15. The van der Waals surface area contributed by atoms with Gasteiger partial charge in [-0.15, -0.1) is 0 Å². The Balaban J connectivity index is 2.35. The van der Waals surface area contributed by atoms with Crippen LogP contribution in [0.4, 0.5) is 14.5 Å². The van der Waals surface area contributed by atoms with Crippen LogP contribution in [0.15, 0.2) is 40.9 Å². The first kappa shape index (κ1) is 15.5. The number of rotatable bonds is 3. The third-order valence-electron chi connectivity index (χ3n) is 2.67. The highest BCUT2D eigenvalue weighted by molar-refractivity contribution is 9.10. The number of carbonyl (C=O) groups excluding carboxylic acids is 1. The molecule has 0 bridgehead atoms. The predicted octanol–water partition coefficient (Wildman–Crippen LogP) is 3.61. The zero-order valence-electron chi connectivity index (χ0n) is 10.5. The average molecular weight is 371 g/mol. The average Bonchev–Trinajstić information content (AvgIpc) is 2.37. The minimum Gasteiger partial charge on any atom is -0.389 e. The lowest BCUT2D eigenvalue weighted by molar-refractivity contribution is 0.102. The topological polar surface area (TPSA) is 55.1 Å². The van der Waals surface area contributed by atoms with Gasteiger partial charge in [0.2, 0.25) is 0 Å². The molecular formula is C14H9BrF2N2OS. The van der Waals surface area contributed by atoms with Crippen molar-refractivity contribution in [1.82, 2.24) is 0 Å². The molecule has 0 atom stereocenters. The van der Waals surface area contributed by atoms with Crippen LogP contribution in [0, 0.1) is 11.6 Å². The molecule has 0 aromatic heterocycles. The molecule has 0 aliphatic carbocycles. The summed E-state index contributed by atoms with van der Waals surface area (Å²) < 4.78 is 27.1. The summed E-state index contributed by atoms with van der Waals surface area (Å²) in [6, 6.07) is 7.65. The van der Waals surface area contributed by atoms with E-state index < -0.39 is 17.5 Å². The minimum absolute atomic E-state index is 0.0948. The van der Waals surface area contributed by atoms with Gasteiger partial charge in [-0.2, -0.15) is 0 Å². The number of halogens is 3. The molecule has 2 aromatic carbocycles. The largest absolute Gasteiger partial charge is 0.389 e. The maximum Gasteiger partial charge on any atom is 0.258 e. The maximum absolute atomic E-state index is 13.6. The van der Waals surface area contributed by atoms with E-state index in [2.05, 4.69) is 21.2 Å². The summed E-state index contributed by atoms with van der Waals surface area (Å²) in [4.78, 5) is 12.2. The van der Waals surface area contributed by atoms with Crippen LogP contribution in [-0.2, 0) is 0 Å². The molecule has 0 aliphatic heterocycles. The first-order chi connectivity index (χ1) is 9.88. The minimum atomic E-state index is -0.945. The number of carbonyl (C=O) groups is 1. The van der Waals surface area contributed by atoms with Crippen molar-refractivity contribution >= 4 is 44.7 Å². The van der Waals surface area contributed by atoms with Gasteiger partial charge in [0.1, 0.15) is 16.6 Å². The molecule has 2 rings (SSSR count). The number of amides is 1. The third-order valence-corrected chi connectivity index (χ3v) is 3.38. The van der Waals surface area contributed by atoms with Crippen molar-refractivity contribution in [3.63, 3.8) is 0 Å². The zero-order chi connectivity index (χ0) is 15.6. The molecule has 0 aliphatic rings. The van der Waals surface area contributed by atoms with Crippen LogP contribution >= 0.6 is 28.1 Å². The smallest absolute Gasteiger partial charge is 0.258 e. The molecule has 0 heterocycles. The van der Waals surface area contributed by atoms with E-state index in [0.29, 0.717) is 21.8 Å². The monoisotopic (exact) mass is 370 g/mol. The first-order valence-corrected chi connectivity index (χ1v) is 6.94. The Morgan fingerprint density at radius 2 is 1.81 bits per heavy atom. The van der Waals surface area contributed by atoms with Crippen molar-refractivity contribution < 1.29 is 13.6 Å². The first-order valence-electron chi connectivity index (χ1n) is 5.74. The van der Waals surface area contributed by atoms with Crippen LogP contribution in [0.2, 0.25) is 0 Å². The van der Waals surface area contributed by atoms with Crippen LogP contribution < -0.4 is 11.1 Å². The van der Waals surface area contributed by atoms with E-state index in [1.54, 1.807) is 18.2 Å². The Morgan fingerprint density at radius 3 is 2.43 bits per heavy atom. The number of hydrogen-bond acceptors (Lipinski definition) is 2. The van der Waals surface area contributed by atoms with Gasteiger partial charge in [0, 0.05) is 16.1 Å². The quantitative estimate of drug-likeness (QED) is 0.811. The predicted molar refractivity (Wildman–Crippen MR) is 84.3 cm³/mol. The SMILES string of the molecule is NC(=S)c1ccc(Br)cc1NC(=O)c1ccc(F)cc1F. The van der Waals surface area contributed by atoms with Gasteiger partial charge in [-0.05, 0) is 30.3 Å².